The maximum atomic E-state index is 13.3. The van der Waals surface area contributed by atoms with Gasteiger partial charge in [0.05, 0.1) is 5.69 Å². The standard InChI is InChI=1S/C28H22BrN3O3/c1-16-12-22(10-11-25(16)29)32-27(34)24(26(33)30-28(32)35)15-21-13-17(2)31(18(21)3)23-9-8-19-6-4-5-7-20(19)14-23/h4-15H,1-3H3,(H,30,33,35)/b24-15+. The summed E-state index contributed by atoms with van der Waals surface area (Å²) in [5, 5.41) is 4.57. The number of nitrogens with one attached hydrogen (secondary N) is 1. The number of barbiturate groups is 1. The summed E-state index contributed by atoms with van der Waals surface area (Å²) in [6.45, 7) is 5.79. The number of amides is 4. The molecule has 0 saturated carbocycles. The van der Waals surface area contributed by atoms with Gasteiger partial charge in [0.2, 0.25) is 0 Å². The molecule has 35 heavy (non-hydrogen) atoms. The van der Waals surface area contributed by atoms with E-state index in [0.717, 1.165) is 48.3 Å². The predicted molar refractivity (Wildman–Crippen MR) is 141 cm³/mol. The summed E-state index contributed by atoms with van der Waals surface area (Å²) >= 11 is 3.43. The monoisotopic (exact) mass is 527 g/mol. The molecular weight excluding hydrogens is 506 g/mol. The van der Waals surface area contributed by atoms with Crippen molar-refractivity contribution in [3.05, 3.63) is 99.3 Å². The number of nitrogens with zero attached hydrogens (tertiary/aromatic N) is 2. The molecule has 7 heteroatoms. The highest BCUT2D eigenvalue weighted by Crippen LogP contribution is 2.29. The summed E-state index contributed by atoms with van der Waals surface area (Å²) in [5.74, 6) is -1.36. The molecule has 0 spiro atoms. The lowest BCUT2D eigenvalue weighted by Crippen LogP contribution is -2.54. The molecule has 1 fully saturated rings. The molecule has 1 aliphatic rings. The summed E-state index contributed by atoms with van der Waals surface area (Å²) < 4.78 is 2.95. The molecule has 1 N–H and O–H groups in total. The van der Waals surface area contributed by atoms with Crippen LogP contribution in [0.1, 0.15) is 22.5 Å². The van der Waals surface area contributed by atoms with Crippen LogP contribution in [0.3, 0.4) is 0 Å². The number of hydrogen-bond acceptors (Lipinski definition) is 3. The number of fused-ring (bicyclic) bond motifs is 1. The smallest absolute Gasteiger partial charge is 0.318 e. The molecule has 4 amide bonds. The van der Waals surface area contributed by atoms with E-state index < -0.39 is 17.8 Å². The highest BCUT2D eigenvalue weighted by molar-refractivity contribution is 9.10. The molecule has 3 aromatic carbocycles. The fourth-order valence-corrected chi connectivity index (χ4v) is 4.71. The van der Waals surface area contributed by atoms with Gasteiger partial charge in [0.25, 0.3) is 11.8 Å². The van der Waals surface area contributed by atoms with Gasteiger partial charge in [-0.2, -0.15) is 0 Å². The normalized spacial score (nSPS) is 15.3. The lowest BCUT2D eigenvalue weighted by atomic mass is 10.1. The predicted octanol–water partition coefficient (Wildman–Crippen LogP) is 5.98. The molecule has 174 valence electrons. The average Bonchev–Trinajstić information content (AvgIpc) is 3.11. The molecule has 1 aliphatic heterocycles. The van der Waals surface area contributed by atoms with E-state index >= 15 is 0 Å². The molecule has 1 saturated heterocycles. The minimum absolute atomic E-state index is 0.0936. The number of anilines is 1. The molecular formula is C28H22BrN3O3. The molecule has 4 aromatic rings. The lowest BCUT2D eigenvalue weighted by Gasteiger charge is -2.26. The van der Waals surface area contributed by atoms with Crippen molar-refractivity contribution in [2.45, 2.75) is 20.8 Å². The van der Waals surface area contributed by atoms with Crippen LogP contribution in [-0.4, -0.2) is 22.4 Å². The highest BCUT2D eigenvalue weighted by atomic mass is 79.9. The van der Waals surface area contributed by atoms with Gasteiger partial charge in [-0.3, -0.25) is 14.9 Å². The second kappa shape index (κ2) is 8.67. The van der Waals surface area contributed by atoms with Crippen molar-refractivity contribution in [2.75, 3.05) is 4.90 Å². The first-order valence-corrected chi connectivity index (χ1v) is 11.9. The average molecular weight is 528 g/mol. The maximum Gasteiger partial charge on any atom is 0.335 e. The first-order chi connectivity index (χ1) is 16.7. The summed E-state index contributed by atoms with van der Waals surface area (Å²) in [4.78, 5) is 39.6. The Kier molecular flexibility index (Phi) is 5.65. The molecule has 0 unspecified atom stereocenters. The zero-order valence-electron chi connectivity index (χ0n) is 19.4. The summed E-state index contributed by atoms with van der Waals surface area (Å²) in [5.41, 5.74) is 4.74. The van der Waals surface area contributed by atoms with Gasteiger partial charge in [-0.25, -0.2) is 9.69 Å². The maximum absolute atomic E-state index is 13.3. The van der Waals surface area contributed by atoms with Crippen molar-refractivity contribution in [1.29, 1.82) is 0 Å². The van der Waals surface area contributed by atoms with Crippen LogP contribution in [0.15, 0.2) is 76.8 Å². The molecule has 0 atom stereocenters. The Morgan fingerprint density at radius 2 is 1.54 bits per heavy atom. The van der Waals surface area contributed by atoms with E-state index in [-0.39, 0.29) is 5.57 Å². The van der Waals surface area contributed by atoms with Crippen molar-refractivity contribution >= 4 is 56.3 Å². The van der Waals surface area contributed by atoms with Crippen LogP contribution in [0.25, 0.3) is 22.5 Å². The fraction of sp³-hybridized carbons (Fsp3) is 0.107. The SMILES string of the molecule is Cc1cc(N2C(=O)NC(=O)/C(=C\c3cc(C)n(-c4ccc5ccccc5c4)c3C)C2=O)ccc1Br. The third kappa shape index (κ3) is 3.98. The molecule has 0 bridgehead atoms. The Balaban J connectivity index is 1.56. The van der Waals surface area contributed by atoms with Gasteiger partial charge in [-0.15, -0.1) is 0 Å². The molecule has 1 aromatic heterocycles. The van der Waals surface area contributed by atoms with E-state index in [1.165, 1.54) is 0 Å². The molecule has 2 heterocycles. The van der Waals surface area contributed by atoms with E-state index in [1.807, 2.05) is 45.0 Å². The fourth-order valence-electron chi connectivity index (χ4n) is 4.46. The van der Waals surface area contributed by atoms with Crippen molar-refractivity contribution in [3.63, 3.8) is 0 Å². The number of carbonyl (C=O) groups excluding carboxylic acids is 3. The third-order valence-electron chi connectivity index (χ3n) is 6.26. The molecule has 5 rings (SSSR count). The minimum Gasteiger partial charge on any atom is -0.318 e. The van der Waals surface area contributed by atoms with E-state index in [1.54, 1.807) is 24.3 Å². The van der Waals surface area contributed by atoms with Crippen molar-refractivity contribution in [2.24, 2.45) is 0 Å². The lowest BCUT2D eigenvalue weighted by molar-refractivity contribution is -0.122. The molecule has 0 radical (unpaired) electrons. The van der Waals surface area contributed by atoms with Gasteiger partial charge in [-0.05, 0) is 85.1 Å². The van der Waals surface area contributed by atoms with E-state index in [9.17, 15) is 14.4 Å². The number of hydrogen-bond donors (Lipinski definition) is 1. The summed E-state index contributed by atoms with van der Waals surface area (Å²) in [6.07, 6.45) is 1.56. The van der Waals surface area contributed by atoms with Crippen LogP contribution in [-0.2, 0) is 9.59 Å². The zero-order chi connectivity index (χ0) is 24.9. The van der Waals surface area contributed by atoms with E-state index in [4.69, 9.17) is 0 Å². The van der Waals surface area contributed by atoms with Gasteiger partial charge >= 0.3 is 6.03 Å². The summed E-state index contributed by atoms with van der Waals surface area (Å²) in [7, 11) is 0. The quantitative estimate of drug-likeness (QED) is 0.263. The van der Waals surface area contributed by atoms with Crippen LogP contribution in [0.5, 0.6) is 0 Å². The van der Waals surface area contributed by atoms with Gasteiger partial charge in [0.1, 0.15) is 5.57 Å². The highest BCUT2D eigenvalue weighted by Gasteiger charge is 2.37. The number of urea groups is 1. The van der Waals surface area contributed by atoms with Gasteiger partial charge in [-0.1, -0.05) is 46.3 Å². The largest absolute Gasteiger partial charge is 0.335 e. The van der Waals surface area contributed by atoms with E-state index in [2.05, 4.69) is 50.1 Å². The minimum atomic E-state index is -0.763. The van der Waals surface area contributed by atoms with Gasteiger partial charge < -0.3 is 4.57 Å². The van der Waals surface area contributed by atoms with Gasteiger partial charge in [0.15, 0.2) is 0 Å². The first kappa shape index (κ1) is 22.8. The number of rotatable bonds is 3. The second-order valence-electron chi connectivity index (χ2n) is 8.58. The second-order valence-corrected chi connectivity index (χ2v) is 9.44. The van der Waals surface area contributed by atoms with Crippen LogP contribution in [0.2, 0.25) is 0 Å². The van der Waals surface area contributed by atoms with Crippen LogP contribution in [0.4, 0.5) is 10.5 Å². The number of benzene rings is 3. The van der Waals surface area contributed by atoms with Crippen molar-refractivity contribution in [1.82, 2.24) is 9.88 Å². The first-order valence-electron chi connectivity index (χ1n) is 11.1. The molecule has 6 nitrogen and oxygen atoms in total. The van der Waals surface area contributed by atoms with Crippen LogP contribution >= 0.6 is 15.9 Å². The Labute approximate surface area is 211 Å². The Morgan fingerprint density at radius 1 is 0.829 bits per heavy atom. The van der Waals surface area contributed by atoms with E-state index in [0.29, 0.717) is 5.69 Å². The van der Waals surface area contributed by atoms with Gasteiger partial charge in [0, 0.05) is 21.5 Å². The van der Waals surface area contributed by atoms with Crippen molar-refractivity contribution < 1.29 is 14.4 Å². The van der Waals surface area contributed by atoms with Crippen molar-refractivity contribution in [3.8, 4) is 5.69 Å². The Hall–Kier alpha value is -3.97. The number of carbonyl (C=O) groups is 3. The zero-order valence-corrected chi connectivity index (χ0v) is 21.0. The summed E-state index contributed by atoms with van der Waals surface area (Å²) in [6, 6.07) is 20.7. The topological polar surface area (TPSA) is 71.4 Å². The number of halogens is 1. The number of aromatic nitrogens is 1. The Morgan fingerprint density at radius 3 is 2.29 bits per heavy atom. The third-order valence-corrected chi connectivity index (χ3v) is 7.15. The number of aryl methyl sites for hydroxylation is 2. The molecule has 0 aliphatic carbocycles. The van der Waals surface area contributed by atoms with Crippen LogP contribution < -0.4 is 10.2 Å². The Bertz CT molecular complexity index is 1580. The number of imide groups is 2. The van der Waals surface area contributed by atoms with Crippen LogP contribution in [0, 0.1) is 20.8 Å².